The monoisotopic (exact) mass is 214 g/mol. The van der Waals surface area contributed by atoms with Crippen LogP contribution in [0.15, 0.2) is 36.4 Å². The summed E-state index contributed by atoms with van der Waals surface area (Å²) in [6.45, 7) is 9.49. The zero-order valence-electron chi connectivity index (χ0n) is 9.96. The Morgan fingerprint density at radius 1 is 0.867 bits per heavy atom. The second kappa shape index (κ2) is 3.49. The molecular formula is C14H18Si. The zero-order valence-corrected chi connectivity index (χ0v) is 11.0. The van der Waals surface area contributed by atoms with Crippen LogP contribution in [0.5, 0.6) is 0 Å². The van der Waals surface area contributed by atoms with Crippen LogP contribution in [-0.4, -0.2) is 8.07 Å². The van der Waals surface area contributed by atoms with Crippen molar-refractivity contribution >= 4 is 24.0 Å². The summed E-state index contributed by atoms with van der Waals surface area (Å²) in [6.07, 6.45) is 0. The number of aryl methyl sites for hydroxylation is 1. The van der Waals surface area contributed by atoms with Crippen molar-refractivity contribution in [2.75, 3.05) is 0 Å². The fraction of sp³-hybridized carbons (Fsp3) is 0.286. The van der Waals surface area contributed by atoms with Crippen LogP contribution in [0.3, 0.4) is 0 Å². The van der Waals surface area contributed by atoms with Crippen LogP contribution < -0.4 is 5.19 Å². The van der Waals surface area contributed by atoms with Crippen LogP contribution in [0.4, 0.5) is 0 Å². The number of rotatable bonds is 1. The molecule has 0 aliphatic rings. The lowest BCUT2D eigenvalue weighted by atomic mass is 10.1. The van der Waals surface area contributed by atoms with E-state index in [1.165, 1.54) is 16.3 Å². The van der Waals surface area contributed by atoms with Gasteiger partial charge in [-0.2, -0.15) is 0 Å². The van der Waals surface area contributed by atoms with E-state index in [0.717, 1.165) is 0 Å². The van der Waals surface area contributed by atoms with Crippen molar-refractivity contribution in [2.24, 2.45) is 0 Å². The minimum absolute atomic E-state index is 1.24. The molecule has 15 heavy (non-hydrogen) atoms. The third-order valence-corrected chi connectivity index (χ3v) is 5.05. The highest BCUT2D eigenvalue weighted by Crippen LogP contribution is 2.18. The van der Waals surface area contributed by atoms with Gasteiger partial charge in [0.2, 0.25) is 0 Å². The summed E-state index contributed by atoms with van der Waals surface area (Å²) in [5.41, 5.74) is 1.45. The molecule has 0 fully saturated rings. The van der Waals surface area contributed by atoms with Crippen molar-refractivity contribution in [3.63, 3.8) is 0 Å². The first-order valence-electron chi connectivity index (χ1n) is 5.49. The Balaban J connectivity index is 2.86. The van der Waals surface area contributed by atoms with Gasteiger partial charge in [0, 0.05) is 0 Å². The van der Waals surface area contributed by atoms with Crippen molar-refractivity contribution in [1.82, 2.24) is 0 Å². The van der Waals surface area contributed by atoms with Gasteiger partial charge in [-0.05, 0) is 22.9 Å². The summed E-state index contributed by atoms with van der Waals surface area (Å²) >= 11 is 0. The van der Waals surface area contributed by atoms with E-state index in [2.05, 4.69) is 63.0 Å². The Bertz CT molecular complexity index is 492. The normalized spacial score (nSPS) is 12.0. The molecule has 0 nitrogen and oxygen atoms in total. The van der Waals surface area contributed by atoms with Gasteiger partial charge in [-0.1, -0.05) is 61.6 Å². The predicted molar refractivity (Wildman–Crippen MR) is 71.7 cm³/mol. The molecule has 0 heterocycles. The van der Waals surface area contributed by atoms with Gasteiger partial charge in [0.25, 0.3) is 0 Å². The molecule has 0 spiro atoms. The van der Waals surface area contributed by atoms with Crippen LogP contribution in [0.25, 0.3) is 10.8 Å². The highest BCUT2D eigenvalue weighted by atomic mass is 28.3. The van der Waals surface area contributed by atoms with Gasteiger partial charge in [0.15, 0.2) is 0 Å². The van der Waals surface area contributed by atoms with E-state index >= 15 is 0 Å². The van der Waals surface area contributed by atoms with Crippen LogP contribution >= 0.6 is 0 Å². The van der Waals surface area contributed by atoms with Gasteiger partial charge in [-0.15, -0.1) is 0 Å². The largest absolute Gasteiger partial charge is 0.0787 e. The molecule has 0 aliphatic heterocycles. The third kappa shape index (κ3) is 1.84. The van der Waals surface area contributed by atoms with Gasteiger partial charge in [0.1, 0.15) is 0 Å². The number of hydrogen-bond donors (Lipinski definition) is 0. The molecule has 2 aromatic rings. The molecule has 78 valence electrons. The average Bonchev–Trinajstić information content (AvgIpc) is 2.15. The van der Waals surface area contributed by atoms with E-state index in [9.17, 15) is 0 Å². The molecule has 0 saturated heterocycles. The minimum atomic E-state index is -1.24. The van der Waals surface area contributed by atoms with Crippen LogP contribution in [0, 0.1) is 6.92 Å². The lowest BCUT2D eigenvalue weighted by molar-refractivity contribution is 1.52. The van der Waals surface area contributed by atoms with Gasteiger partial charge < -0.3 is 0 Å². The van der Waals surface area contributed by atoms with Crippen LogP contribution in [0.1, 0.15) is 5.56 Å². The molecule has 0 atom stereocenters. The molecule has 2 aromatic carbocycles. The van der Waals surface area contributed by atoms with E-state index in [0.29, 0.717) is 0 Å². The van der Waals surface area contributed by atoms with Gasteiger partial charge in [0.05, 0.1) is 8.07 Å². The van der Waals surface area contributed by atoms with Crippen molar-refractivity contribution < 1.29 is 0 Å². The third-order valence-electron chi connectivity index (χ3n) is 2.89. The second-order valence-electron chi connectivity index (χ2n) is 5.23. The van der Waals surface area contributed by atoms with E-state index < -0.39 is 8.07 Å². The summed E-state index contributed by atoms with van der Waals surface area (Å²) in [7, 11) is -1.24. The molecule has 0 unspecified atom stereocenters. The Morgan fingerprint density at radius 3 is 2.20 bits per heavy atom. The first kappa shape index (κ1) is 10.4. The summed E-state index contributed by atoms with van der Waals surface area (Å²) in [5, 5.41) is 4.44. The van der Waals surface area contributed by atoms with Crippen molar-refractivity contribution in [3.8, 4) is 0 Å². The Morgan fingerprint density at radius 2 is 1.53 bits per heavy atom. The highest BCUT2D eigenvalue weighted by molar-refractivity contribution is 6.90. The predicted octanol–water partition coefficient (Wildman–Crippen LogP) is 3.69. The van der Waals surface area contributed by atoms with Crippen LogP contribution in [0.2, 0.25) is 19.6 Å². The maximum Gasteiger partial charge on any atom is 0.0787 e. The molecular weight excluding hydrogens is 196 g/mol. The maximum absolute atomic E-state index is 2.42. The van der Waals surface area contributed by atoms with Crippen molar-refractivity contribution in [3.05, 3.63) is 42.0 Å². The smallest absolute Gasteiger partial charge is 0.0656 e. The average molecular weight is 214 g/mol. The molecule has 0 saturated carbocycles. The zero-order chi connectivity index (χ0) is 11.1. The molecule has 1 heteroatoms. The quantitative estimate of drug-likeness (QED) is 0.635. The topological polar surface area (TPSA) is 0 Å². The summed E-state index contributed by atoms with van der Waals surface area (Å²) in [4.78, 5) is 0. The van der Waals surface area contributed by atoms with Gasteiger partial charge >= 0.3 is 0 Å². The van der Waals surface area contributed by atoms with E-state index in [4.69, 9.17) is 0 Å². The van der Waals surface area contributed by atoms with Crippen molar-refractivity contribution in [1.29, 1.82) is 0 Å². The fourth-order valence-corrected chi connectivity index (χ4v) is 4.68. The Labute approximate surface area is 93.0 Å². The molecule has 0 radical (unpaired) electrons. The highest BCUT2D eigenvalue weighted by Gasteiger charge is 2.20. The summed E-state index contributed by atoms with van der Waals surface area (Å²) < 4.78 is 0. The van der Waals surface area contributed by atoms with Gasteiger partial charge in [-0.3, -0.25) is 0 Å². The second-order valence-corrected chi connectivity index (χ2v) is 10.2. The number of hydrogen-bond acceptors (Lipinski definition) is 0. The van der Waals surface area contributed by atoms with Crippen LogP contribution in [-0.2, 0) is 0 Å². The molecule has 2 rings (SSSR count). The Kier molecular flexibility index (Phi) is 2.43. The summed E-state index contributed by atoms with van der Waals surface area (Å²) in [5.74, 6) is 0. The molecule has 0 aromatic heterocycles. The first-order valence-corrected chi connectivity index (χ1v) is 8.99. The fourth-order valence-electron chi connectivity index (χ4n) is 2.38. The summed E-state index contributed by atoms with van der Waals surface area (Å²) in [6, 6.07) is 13.2. The Hall–Kier alpha value is -1.08. The van der Waals surface area contributed by atoms with Gasteiger partial charge in [-0.25, -0.2) is 0 Å². The molecule has 0 bridgehead atoms. The lowest BCUT2D eigenvalue weighted by Crippen LogP contribution is -2.39. The standard InChI is InChI=1S/C14H18Si/c1-11-9-10-12-7-5-6-8-13(12)14(11)15(2,3)4/h5-10H,1-4H3. The molecule has 0 amide bonds. The molecule has 0 N–H and O–H groups in total. The molecule has 0 aliphatic carbocycles. The number of benzene rings is 2. The lowest BCUT2D eigenvalue weighted by Gasteiger charge is -2.22. The van der Waals surface area contributed by atoms with E-state index in [-0.39, 0.29) is 0 Å². The minimum Gasteiger partial charge on any atom is -0.0656 e. The van der Waals surface area contributed by atoms with Crippen molar-refractivity contribution in [2.45, 2.75) is 26.6 Å². The van der Waals surface area contributed by atoms with E-state index in [1.807, 2.05) is 0 Å². The maximum atomic E-state index is 2.42. The number of fused-ring (bicyclic) bond motifs is 1. The SMILES string of the molecule is Cc1ccc2ccccc2c1[Si](C)(C)C. The first-order chi connectivity index (χ1) is 7.00. The van der Waals surface area contributed by atoms with E-state index in [1.54, 1.807) is 5.19 Å².